The third-order valence-electron chi connectivity index (χ3n) is 3.84. The topological polar surface area (TPSA) is 61.8 Å². The van der Waals surface area contributed by atoms with Crippen molar-refractivity contribution in [2.45, 2.75) is 19.1 Å². The first-order chi connectivity index (χ1) is 10.6. The van der Waals surface area contributed by atoms with E-state index >= 15 is 0 Å². The van der Waals surface area contributed by atoms with Gasteiger partial charge in [-0.2, -0.15) is 0 Å². The molecule has 1 saturated heterocycles. The zero-order chi connectivity index (χ0) is 15.9. The Bertz CT molecular complexity index is 481. The lowest BCUT2D eigenvalue weighted by atomic mass is 9.94. The van der Waals surface area contributed by atoms with Crippen molar-refractivity contribution in [3.8, 4) is 0 Å². The van der Waals surface area contributed by atoms with Crippen LogP contribution in [0, 0.1) is 5.92 Å². The van der Waals surface area contributed by atoms with Gasteiger partial charge in [0.15, 0.2) is 0 Å². The minimum atomic E-state index is -0.550. The minimum Gasteiger partial charge on any atom is -0.392 e. The monoisotopic (exact) mass is 326 g/mol. The van der Waals surface area contributed by atoms with Crippen LogP contribution >= 0.6 is 11.6 Å². The van der Waals surface area contributed by atoms with Gasteiger partial charge in [-0.05, 0) is 31.2 Å². The summed E-state index contributed by atoms with van der Waals surface area (Å²) in [6.45, 7) is 2.79. The number of aliphatic hydroxyl groups excluding tert-OH is 1. The molecule has 1 amide bonds. The molecule has 5 nitrogen and oxygen atoms in total. The summed E-state index contributed by atoms with van der Waals surface area (Å²) in [5, 5.41) is 13.4. The minimum absolute atomic E-state index is 0.103. The Morgan fingerprint density at radius 3 is 2.91 bits per heavy atom. The second kappa shape index (κ2) is 8.48. The molecule has 0 aliphatic carbocycles. The van der Waals surface area contributed by atoms with Crippen molar-refractivity contribution in [1.29, 1.82) is 0 Å². The SMILES string of the molecule is CN1CC[C@H](O)[C@@H](C(=O)NCCOCc2ccc(Cl)cc2)C1. The Kier molecular flexibility index (Phi) is 6.64. The highest BCUT2D eigenvalue weighted by Gasteiger charge is 2.31. The number of carbonyl (C=O) groups excluding carboxylic acids is 1. The molecule has 1 aliphatic rings. The third-order valence-corrected chi connectivity index (χ3v) is 4.10. The fourth-order valence-electron chi connectivity index (χ4n) is 2.51. The maximum Gasteiger partial charge on any atom is 0.227 e. The van der Waals surface area contributed by atoms with E-state index in [2.05, 4.69) is 10.2 Å². The Labute approximate surface area is 136 Å². The molecule has 1 heterocycles. The number of nitrogens with zero attached hydrogens (tertiary/aromatic N) is 1. The average molecular weight is 327 g/mol. The highest BCUT2D eigenvalue weighted by molar-refractivity contribution is 6.30. The van der Waals surface area contributed by atoms with E-state index in [4.69, 9.17) is 16.3 Å². The number of hydrogen-bond acceptors (Lipinski definition) is 4. The second-order valence-corrected chi connectivity index (χ2v) is 6.13. The number of halogens is 1. The molecule has 122 valence electrons. The number of carbonyl (C=O) groups is 1. The van der Waals surface area contributed by atoms with Crippen LogP contribution in [0.2, 0.25) is 5.02 Å². The predicted octanol–water partition coefficient (Wildman–Crippen LogP) is 1.29. The lowest BCUT2D eigenvalue weighted by Crippen LogP contribution is -2.49. The number of ether oxygens (including phenoxy) is 1. The maximum atomic E-state index is 12.1. The number of nitrogens with one attached hydrogen (secondary N) is 1. The first-order valence-corrected chi connectivity index (χ1v) is 7.90. The molecule has 2 atom stereocenters. The van der Waals surface area contributed by atoms with Gasteiger partial charge in [0.25, 0.3) is 0 Å². The van der Waals surface area contributed by atoms with E-state index in [-0.39, 0.29) is 11.8 Å². The fraction of sp³-hybridized carbons (Fsp3) is 0.562. The summed E-state index contributed by atoms with van der Waals surface area (Å²) >= 11 is 5.81. The van der Waals surface area contributed by atoms with E-state index in [0.717, 1.165) is 12.1 Å². The van der Waals surface area contributed by atoms with E-state index < -0.39 is 6.10 Å². The Balaban J connectivity index is 1.63. The first-order valence-electron chi connectivity index (χ1n) is 7.53. The Hall–Kier alpha value is -1.14. The van der Waals surface area contributed by atoms with Crippen molar-refractivity contribution < 1.29 is 14.6 Å². The molecule has 0 unspecified atom stereocenters. The summed E-state index contributed by atoms with van der Waals surface area (Å²) in [4.78, 5) is 14.1. The molecule has 6 heteroatoms. The van der Waals surface area contributed by atoms with Gasteiger partial charge in [-0.25, -0.2) is 0 Å². The van der Waals surface area contributed by atoms with Gasteiger partial charge in [0.2, 0.25) is 5.91 Å². The molecule has 22 heavy (non-hydrogen) atoms. The van der Waals surface area contributed by atoms with Gasteiger partial charge in [-0.3, -0.25) is 4.79 Å². The van der Waals surface area contributed by atoms with Crippen molar-refractivity contribution in [3.63, 3.8) is 0 Å². The summed E-state index contributed by atoms with van der Waals surface area (Å²) in [7, 11) is 1.96. The number of aliphatic hydroxyl groups is 1. The summed E-state index contributed by atoms with van der Waals surface area (Å²) < 4.78 is 5.51. The van der Waals surface area contributed by atoms with E-state index in [1.807, 2.05) is 31.3 Å². The lowest BCUT2D eigenvalue weighted by Gasteiger charge is -2.32. The molecular weight excluding hydrogens is 304 g/mol. The van der Waals surface area contributed by atoms with Crippen LogP contribution in [-0.2, 0) is 16.1 Å². The number of rotatable bonds is 6. The summed E-state index contributed by atoms with van der Waals surface area (Å²) in [6.07, 6.45) is 0.0907. The van der Waals surface area contributed by atoms with Crippen molar-refractivity contribution in [2.24, 2.45) is 5.92 Å². The molecule has 1 aromatic rings. The van der Waals surface area contributed by atoms with Crippen LogP contribution in [0.3, 0.4) is 0 Å². The molecule has 0 radical (unpaired) electrons. The second-order valence-electron chi connectivity index (χ2n) is 5.69. The first kappa shape index (κ1) is 17.2. The molecule has 1 aromatic carbocycles. The van der Waals surface area contributed by atoms with Crippen molar-refractivity contribution in [1.82, 2.24) is 10.2 Å². The standard InChI is InChI=1S/C16H23ClN2O3/c1-19-8-6-15(20)14(10-19)16(21)18-7-9-22-11-12-2-4-13(17)5-3-12/h2-5,14-15,20H,6-11H2,1H3,(H,18,21)/t14-,15-/m0/s1. The maximum absolute atomic E-state index is 12.1. The summed E-state index contributed by atoms with van der Waals surface area (Å²) in [6, 6.07) is 7.47. The molecule has 0 aromatic heterocycles. The van der Waals surface area contributed by atoms with Gasteiger partial charge in [-0.15, -0.1) is 0 Å². The molecule has 0 saturated carbocycles. The van der Waals surface area contributed by atoms with Crippen LogP contribution < -0.4 is 5.32 Å². The number of amides is 1. The van der Waals surface area contributed by atoms with Crippen molar-refractivity contribution in [3.05, 3.63) is 34.9 Å². The van der Waals surface area contributed by atoms with Gasteiger partial charge in [0.1, 0.15) is 0 Å². The number of piperidine rings is 1. The zero-order valence-electron chi connectivity index (χ0n) is 12.8. The van der Waals surface area contributed by atoms with Crippen LogP contribution in [0.15, 0.2) is 24.3 Å². The molecule has 1 fully saturated rings. The van der Waals surface area contributed by atoms with Gasteiger partial charge in [-0.1, -0.05) is 23.7 Å². The summed E-state index contributed by atoms with van der Waals surface area (Å²) in [5.41, 5.74) is 1.04. The van der Waals surface area contributed by atoms with Crippen LogP contribution in [0.1, 0.15) is 12.0 Å². The number of likely N-dealkylation sites (tertiary alicyclic amines) is 1. The molecule has 2 N–H and O–H groups in total. The van der Waals surface area contributed by atoms with E-state index in [1.165, 1.54) is 0 Å². The average Bonchev–Trinajstić information content (AvgIpc) is 2.51. The van der Waals surface area contributed by atoms with E-state index in [1.54, 1.807) is 0 Å². The predicted molar refractivity (Wildman–Crippen MR) is 85.7 cm³/mol. The smallest absolute Gasteiger partial charge is 0.227 e. The lowest BCUT2D eigenvalue weighted by molar-refractivity contribution is -0.131. The van der Waals surface area contributed by atoms with Crippen molar-refractivity contribution in [2.75, 3.05) is 33.3 Å². The van der Waals surface area contributed by atoms with Gasteiger partial charge in [0.05, 0.1) is 25.2 Å². The quantitative estimate of drug-likeness (QED) is 0.773. The van der Waals surface area contributed by atoms with Crippen LogP contribution in [0.5, 0.6) is 0 Å². The highest BCUT2D eigenvalue weighted by Crippen LogP contribution is 2.16. The fourth-order valence-corrected chi connectivity index (χ4v) is 2.63. The molecule has 1 aliphatic heterocycles. The van der Waals surface area contributed by atoms with Gasteiger partial charge >= 0.3 is 0 Å². The third kappa shape index (κ3) is 5.25. The Morgan fingerprint density at radius 1 is 1.45 bits per heavy atom. The van der Waals surface area contributed by atoms with Gasteiger partial charge in [0, 0.05) is 24.7 Å². The molecule has 0 spiro atoms. The number of hydrogen-bond donors (Lipinski definition) is 2. The molecule has 0 bridgehead atoms. The zero-order valence-corrected chi connectivity index (χ0v) is 13.6. The Morgan fingerprint density at radius 2 is 2.18 bits per heavy atom. The van der Waals surface area contributed by atoms with E-state index in [9.17, 15) is 9.90 Å². The largest absolute Gasteiger partial charge is 0.392 e. The normalized spacial score (nSPS) is 22.5. The summed E-state index contributed by atoms with van der Waals surface area (Å²) in [5.74, 6) is -0.454. The van der Waals surface area contributed by atoms with E-state index in [0.29, 0.717) is 37.7 Å². The number of benzene rings is 1. The van der Waals surface area contributed by atoms with Crippen molar-refractivity contribution >= 4 is 17.5 Å². The van der Waals surface area contributed by atoms with Crippen LogP contribution in [0.25, 0.3) is 0 Å². The van der Waals surface area contributed by atoms with Gasteiger partial charge < -0.3 is 20.1 Å². The molecular formula is C16H23ClN2O3. The highest BCUT2D eigenvalue weighted by atomic mass is 35.5. The van der Waals surface area contributed by atoms with Crippen LogP contribution in [-0.4, -0.2) is 55.3 Å². The molecule has 2 rings (SSSR count). The van der Waals surface area contributed by atoms with Crippen LogP contribution in [0.4, 0.5) is 0 Å².